The fraction of sp³-hybridized carbons (Fsp3) is 0.219. The van der Waals surface area contributed by atoms with E-state index in [2.05, 4.69) is 26.1 Å². The third-order valence-electron chi connectivity index (χ3n) is 7.67. The van der Waals surface area contributed by atoms with E-state index in [0.717, 1.165) is 63.9 Å². The summed E-state index contributed by atoms with van der Waals surface area (Å²) in [6, 6.07) is 17.2. The van der Waals surface area contributed by atoms with Crippen LogP contribution in [0.1, 0.15) is 36.3 Å². The molecule has 0 spiro atoms. The quantitative estimate of drug-likeness (QED) is 0.204. The fourth-order valence-electron chi connectivity index (χ4n) is 5.62. The number of hydrogen-bond donors (Lipinski definition) is 4. The van der Waals surface area contributed by atoms with Crippen LogP contribution in [0.3, 0.4) is 0 Å². The number of amides is 2. The molecule has 0 fully saturated rings. The second kappa shape index (κ2) is 10.6. The Morgan fingerprint density at radius 3 is 2.59 bits per heavy atom. The van der Waals surface area contributed by atoms with Crippen LogP contribution in [0.15, 0.2) is 66.9 Å². The van der Waals surface area contributed by atoms with Gasteiger partial charge in [0.05, 0.1) is 30.4 Å². The molecule has 2 heterocycles. The van der Waals surface area contributed by atoms with Crippen LogP contribution < -0.4 is 26.8 Å². The van der Waals surface area contributed by atoms with Crippen molar-refractivity contribution in [3.8, 4) is 17.0 Å². The number of fused-ring (bicyclic) bond motifs is 2. The number of aryl methyl sites for hydroxylation is 2. The van der Waals surface area contributed by atoms with Gasteiger partial charge in [0.2, 0.25) is 0 Å². The van der Waals surface area contributed by atoms with E-state index < -0.39 is 0 Å². The van der Waals surface area contributed by atoms with Crippen molar-refractivity contribution in [2.24, 2.45) is 5.73 Å². The van der Waals surface area contributed by atoms with E-state index in [4.69, 9.17) is 21.2 Å². The van der Waals surface area contributed by atoms with Crippen LogP contribution in [0.5, 0.6) is 5.75 Å². The molecule has 0 saturated carbocycles. The van der Waals surface area contributed by atoms with Gasteiger partial charge in [-0.2, -0.15) is 0 Å². The molecule has 3 aromatic carbocycles. The Hall–Kier alpha value is -4.89. The van der Waals surface area contributed by atoms with Gasteiger partial charge in [-0.1, -0.05) is 42.5 Å². The number of nitrogens with one attached hydrogen (secondary N) is 2. The number of benzene rings is 3. The average Bonchev–Trinajstić information content (AvgIpc) is 3.32. The minimum atomic E-state index is -0.367. The summed E-state index contributed by atoms with van der Waals surface area (Å²) in [4.78, 5) is 22.6. The van der Waals surface area contributed by atoms with Gasteiger partial charge in [-0.05, 0) is 67.8 Å². The lowest BCUT2D eigenvalue weighted by atomic mass is 9.94. The highest BCUT2D eigenvalue weighted by atomic mass is 16.5. The first-order valence-corrected chi connectivity index (χ1v) is 13.7. The second-order valence-corrected chi connectivity index (χ2v) is 10.5. The molecule has 9 heteroatoms. The Morgan fingerprint density at radius 2 is 1.83 bits per heavy atom. The minimum Gasteiger partial charge on any atom is -0.495 e. The van der Waals surface area contributed by atoms with Gasteiger partial charge in [0, 0.05) is 17.0 Å². The summed E-state index contributed by atoms with van der Waals surface area (Å²) in [6.07, 6.45) is 6.69. The Morgan fingerprint density at radius 1 is 1.05 bits per heavy atom. The lowest BCUT2D eigenvalue weighted by Gasteiger charge is -2.20. The zero-order valence-electron chi connectivity index (χ0n) is 23.4. The van der Waals surface area contributed by atoms with Crippen molar-refractivity contribution in [2.45, 2.75) is 39.2 Å². The number of carbonyl (C=O) groups excluding carboxylic acids is 1. The molecule has 2 aromatic heterocycles. The summed E-state index contributed by atoms with van der Waals surface area (Å²) < 4.78 is 7.51. The summed E-state index contributed by atoms with van der Waals surface area (Å²) >= 11 is 0. The predicted octanol–water partition coefficient (Wildman–Crippen LogP) is 6.30. The van der Waals surface area contributed by atoms with Crippen molar-refractivity contribution in [3.05, 3.63) is 84.0 Å². The molecule has 0 aliphatic heterocycles. The van der Waals surface area contributed by atoms with E-state index in [1.54, 1.807) is 7.11 Å². The number of nitrogen functional groups attached to an aromatic ring is 1. The number of carbonyl (C=O) groups is 1. The number of nitrogens with two attached hydrogens (primary N) is 2. The summed E-state index contributed by atoms with van der Waals surface area (Å²) in [5, 5.41) is 7.73. The van der Waals surface area contributed by atoms with Gasteiger partial charge in [0.1, 0.15) is 28.6 Å². The summed E-state index contributed by atoms with van der Waals surface area (Å²) in [5.41, 5.74) is 19.5. The van der Waals surface area contributed by atoms with Crippen molar-refractivity contribution >= 4 is 45.1 Å². The Kier molecular flexibility index (Phi) is 6.80. The molecule has 41 heavy (non-hydrogen) atoms. The second-order valence-electron chi connectivity index (χ2n) is 10.5. The van der Waals surface area contributed by atoms with E-state index in [1.807, 2.05) is 74.6 Å². The molecule has 2 amide bonds. The zero-order chi connectivity index (χ0) is 28.7. The third kappa shape index (κ3) is 4.85. The first-order valence-electron chi connectivity index (χ1n) is 13.7. The molecule has 6 N–H and O–H groups in total. The Balaban J connectivity index is 1.41. The van der Waals surface area contributed by atoms with Gasteiger partial charge >= 0.3 is 6.03 Å². The number of nitrogens with zero attached hydrogens (tertiary/aromatic N) is 3. The van der Waals surface area contributed by atoms with Crippen LogP contribution in [0.25, 0.3) is 33.1 Å². The van der Waals surface area contributed by atoms with Gasteiger partial charge in [-0.3, -0.25) is 4.40 Å². The minimum absolute atomic E-state index is 0.190. The molecule has 1 unspecified atom stereocenters. The number of anilines is 3. The smallest absolute Gasteiger partial charge is 0.323 e. The normalized spacial score (nSPS) is 15.1. The molecule has 5 aromatic rings. The number of rotatable bonds is 5. The van der Waals surface area contributed by atoms with Crippen LogP contribution in [-0.4, -0.2) is 33.6 Å². The number of imidazole rings is 1. The number of ether oxygens (including phenoxy) is 1. The maximum Gasteiger partial charge on any atom is 0.323 e. The largest absolute Gasteiger partial charge is 0.495 e. The number of hydrogen-bond acceptors (Lipinski definition) is 6. The van der Waals surface area contributed by atoms with E-state index in [9.17, 15) is 4.79 Å². The van der Waals surface area contributed by atoms with Gasteiger partial charge in [-0.25, -0.2) is 14.8 Å². The monoisotopic (exact) mass is 547 g/mol. The van der Waals surface area contributed by atoms with Crippen molar-refractivity contribution in [3.63, 3.8) is 0 Å². The van der Waals surface area contributed by atoms with E-state index >= 15 is 0 Å². The Bertz CT molecular complexity index is 1840. The van der Waals surface area contributed by atoms with E-state index in [1.165, 1.54) is 5.57 Å². The fourth-order valence-corrected chi connectivity index (χ4v) is 5.62. The van der Waals surface area contributed by atoms with Crippen molar-refractivity contribution in [1.82, 2.24) is 14.4 Å². The molecular formula is C32H33N7O2. The van der Waals surface area contributed by atoms with Gasteiger partial charge < -0.3 is 26.8 Å². The SMILES string of the molecule is COc1ccc(C)cc1NC(=O)Nc1ccc(-c2nc(C)n3c(C4=CCC(N)CC4)cnc(N)c23)c2ccccc12. The number of allylic oxidation sites excluding steroid dienone is 1. The van der Waals surface area contributed by atoms with Crippen molar-refractivity contribution < 1.29 is 9.53 Å². The molecule has 6 rings (SSSR count). The average molecular weight is 548 g/mol. The molecule has 1 aliphatic carbocycles. The molecule has 208 valence electrons. The van der Waals surface area contributed by atoms with E-state index in [0.29, 0.717) is 22.9 Å². The zero-order valence-corrected chi connectivity index (χ0v) is 23.4. The summed E-state index contributed by atoms with van der Waals surface area (Å²) in [6.45, 7) is 3.94. The molecule has 9 nitrogen and oxygen atoms in total. The van der Waals surface area contributed by atoms with Gasteiger partial charge in [0.15, 0.2) is 0 Å². The molecule has 1 atom stereocenters. The van der Waals surface area contributed by atoms with Gasteiger partial charge in [-0.15, -0.1) is 0 Å². The molecule has 0 saturated heterocycles. The lowest BCUT2D eigenvalue weighted by Crippen LogP contribution is -2.21. The first-order chi connectivity index (χ1) is 19.8. The maximum absolute atomic E-state index is 13.1. The maximum atomic E-state index is 13.1. The number of urea groups is 1. The first kappa shape index (κ1) is 26.3. The number of aromatic nitrogens is 3. The summed E-state index contributed by atoms with van der Waals surface area (Å²) in [5.74, 6) is 1.83. The Labute approximate surface area is 238 Å². The van der Waals surface area contributed by atoms with Crippen LogP contribution in [-0.2, 0) is 0 Å². The highest BCUT2D eigenvalue weighted by Gasteiger charge is 2.22. The molecule has 1 aliphatic rings. The standard InChI is InChI=1S/C32H33N7O2/c1-18-8-15-28(41-3)26(16-18)38-32(40)37-25-14-13-24(22-6-4-5-7-23(22)25)29-30-31(34)35-17-27(39(30)19(2)36-29)20-9-11-21(33)12-10-20/h4-9,13-17,21H,10-12,33H2,1-3H3,(H2,34,35)(H2,37,38,40). The van der Waals surface area contributed by atoms with Crippen LogP contribution in [0.2, 0.25) is 0 Å². The highest BCUT2D eigenvalue weighted by Crippen LogP contribution is 2.38. The highest BCUT2D eigenvalue weighted by molar-refractivity contribution is 6.11. The molecular weight excluding hydrogens is 514 g/mol. The lowest BCUT2D eigenvalue weighted by molar-refractivity contribution is 0.262. The van der Waals surface area contributed by atoms with Crippen LogP contribution >= 0.6 is 0 Å². The molecule has 0 bridgehead atoms. The van der Waals surface area contributed by atoms with Crippen molar-refractivity contribution in [1.29, 1.82) is 0 Å². The van der Waals surface area contributed by atoms with Crippen LogP contribution in [0, 0.1) is 13.8 Å². The van der Waals surface area contributed by atoms with Crippen molar-refractivity contribution in [2.75, 3.05) is 23.5 Å². The van der Waals surface area contributed by atoms with Gasteiger partial charge in [0.25, 0.3) is 0 Å². The van der Waals surface area contributed by atoms with Crippen LogP contribution in [0.4, 0.5) is 22.0 Å². The predicted molar refractivity (Wildman–Crippen MR) is 165 cm³/mol. The third-order valence-corrected chi connectivity index (χ3v) is 7.67. The molecule has 0 radical (unpaired) electrons. The topological polar surface area (TPSA) is 133 Å². The number of methoxy groups -OCH3 is 1. The van der Waals surface area contributed by atoms with E-state index in [-0.39, 0.29) is 12.1 Å². The summed E-state index contributed by atoms with van der Waals surface area (Å²) in [7, 11) is 1.58.